The Bertz CT molecular complexity index is 1460. The number of nitrogens with two attached hydrogens (primary N) is 1. The molecule has 2 unspecified atom stereocenters. The summed E-state index contributed by atoms with van der Waals surface area (Å²) in [7, 11) is 1.65. The van der Waals surface area contributed by atoms with Crippen LogP contribution in [0.3, 0.4) is 0 Å². The molecule has 0 saturated heterocycles. The fourth-order valence-corrected chi connectivity index (χ4v) is 5.35. The standard InChI is InChI=1S/C35H38N4O5/c1-44-32-21-17-29(18-22-32)35(27-10-4-2-5-11-27,28-12-6-3-7-13-28)37-23-9-8-14-30(25-40)38-34(41)33(36)24-26-15-19-31(20-16-26)39(42)43/h2-7,10-13,15-22,25,30,33,37H,8-9,14,23-24,36H2,1H3,(H,38,41). The molecule has 0 aliphatic rings. The van der Waals surface area contributed by atoms with Crippen LogP contribution >= 0.6 is 0 Å². The molecule has 0 fully saturated rings. The third-order valence-corrected chi connectivity index (χ3v) is 7.70. The van der Waals surface area contributed by atoms with E-state index in [0.29, 0.717) is 24.9 Å². The van der Waals surface area contributed by atoms with Crippen molar-refractivity contribution in [2.75, 3.05) is 13.7 Å². The quantitative estimate of drug-likeness (QED) is 0.0551. The number of nitrogens with one attached hydrogen (secondary N) is 2. The first-order valence-corrected chi connectivity index (χ1v) is 14.6. The summed E-state index contributed by atoms with van der Waals surface area (Å²) in [5, 5.41) is 17.4. The molecule has 0 aromatic heterocycles. The van der Waals surface area contributed by atoms with Gasteiger partial charge in [0, 0.05) is 12.1 Å². The summed E-state index contributed by atoms with van der Waals surface area (Å²) in [4.78, 5) is 34.9. The topological polar surface area (TPSA) is 137 Å². The Morgan fingerprint density at radius 2 is 1.45 bits per heavy atom. The zero-order valence-corrected chi connectivity index (χ0v) is 24.7. The number of hydrogen-bond donors (Lipinski definition) is 3. The largest absolute Gasteiger partial charge is 0.497 e. The summed E-state index contributed by atoms with van der Waals surface area (Å²) in [6.45, 7) is 0.648. The van der Waals surface area contributed by atoms with Crippen molar-refractivity contribution in [3.8, 4) is 5.75 Å². The number of aldehydes is 1. The van der Waals surface area contributed by atoms with Gasteiger partial charge in [-0.15, -0.1) is 0 Å². The summed E-state index contributed by atoms with van der Waals surface area (Å²) < 4.78 is 5.41. The van der Waals surface area contributed by atoms with Gasteiger partial charge in [0.05, 0.1) is 29.7 Å². The number of carbonyl (C=O) groups is 2. The SMILES string of the molecule is COc1ccc(C(NCCCCC(C=O)NC(=O)C(N)Cc2ccc([N+](=O)[O-])cc2)(c2ccccc2)c2ccccc2)cc1. The zero-order chi connectivity index (χ0) is 31.4. The second kappa shape index (κ2) is 15.6. The van der Waals surface area contributed by atoms with Gasteiger partial charge < -0.3 is 20.6 Å². The van der Waals surface area contributed by atoms with Crippen LogP contribution in [0, 0.1) is 10.1 Å². The normalized spacial score (nSPS) is 12.6. The van der Waals surface area contributed by atoms with Gasteiger partial charge in [-0.25, -0.2) is 0 Å². The molecule has 9 nitrogen and oxygen atoms in total. The Morgan fingerprint density at radius 1 is 0.886 bits per heavy atom. The van der Waals surface area contributed by atoms with E-state index in [1.54, 1.807) is 19.2 Å². The highest BCUT2D eigenvalue weighted by molar-refractivity contribution is 5.84. The second-order valence-electron chi connectivity index (χ2n) is 10.6. The van der Waals surface area contributed by atoms with Gasteiger partial charge in [0.15, 0.2) is 0 Å². The van der Waals surface area contributed by atoms with Crippen LogP contribution in [0.2, 0.25) is 0 Å². The number of benzene rings is 4. The monoisotopic (exact) mass is 594 g/mol. The minimum Gasteiger partial charge on any atom is -0.497 e. The van der Waals surface area contributed by atoms with E-state index in [1.807, 2.05) is 48.5 Å². The van der Waals surface area contributed by atoms with Crippen LogP contribution in [0.4, 0.5) is 5.69 Å². The molecule has 0 bridgehead atoms. The van der Waals surface area contributed by atoms with Crippen molar-refractivity contribution in [1.82, 2.24) is 10.6 Å². The molecule has 44 heavy (non-hydrogen) atoms. The average molecular weight is 595 g/mol. The fraction of sp³-hybridized carbons (Fsp3) is 0.257. The summed E-state index contributed by atoms with van der Waals surface area (Å²) in [6.07, 6.45) is 2.85. The van der Waals surface area contributed by atoms with E-state index in [9.17, 15) is 19.7 Å². The Kier molecular flexibility index (Phi) is 11.3. The fourth-order valence-electron chi connectivity index (χ4n) is 5.35. The number of rotatable bonds is 16. The third kappa shape index (κ3) is 7.94. The molecule has 228 valence electrons. The van der Waals surface area contributed by atoms with Gasteiger partial charge in [0.2, 0.25) is 5.91 Å². The van der Waals surface area contributed by atoms with Crippen LogP contribution < -0.4 is 21.1 Å². The van der Waals surface area contributed by atoms with E-state index in [1.165, 1.54) is 12.1 Å². The van der Waals surface area contributed by atoms with Crippen molar-refractivity contribution in [1.29, 1.82) is 0 Å². The lowest BCUT2D eigenvalue weighted by Crippen LogP contribution is -2.47. The Morgan fingerprint density at radius 3 is 1.98 bits per heavy atom. The molecular formula is C35H38N4O5. The molecule has 0 radical (unpaired) electrons. The number of nitro benzene ring substituents is 1. The molecule has 1 amide bonds. The van der Waals surface area contributed by atoms with E-state index in [0.717, 1.165) is 35.1 Å². The number of amides is 1. The van der Waals surface area contributed by atoms with E-state index >= 15 is 0 Å². The van der Waals surface area contributed by atoms with Crippen LogP contribution in [0.15, 0.2) is 109 Å². The first-order chi connectivity index (χ1) is 21.4. The van der Waals surface area contributed by atoms with Crippen LogP contribution in [0.25, 0.3) is 0 Å². The Labute approximate surface area is 257 Å². The molecule has 0 spiro atoms. The first-order valence-electron chi connectivity index (χ1n) is 14.6. The van der Waals surface area contributed by atoms with E-state index in [2.05, 4.69) is 47.0 Å². The van der Waals surface area contributed by atoms with Crippen molar-refractivity contribution in [2.24, 2.45) is 5.73 Å². The molecule has 0 aliphatic heterocycles. The maximum absolute atomic E-state index is 12.7. The molecule has 4 rings (SSSR count). The van der Waals surface area contributed by atoms with Gasteiger partial charge in [-0.05, 0) is 66.6 Å². The summed E-state index contributed by atoms with van der Waals surface area (Å²) in [5.74, 6) is 0.337. The van der Waals surface area contributed by atoms with Crippen LogP contribution in [0.5, 0.6) is 5.75 Å². The molecule has 2 atom stereocenters. The molecule has 0 saturated carbocycles. The van der Waals surface area contributed by atoms with Crippen molar-refractivity contribution in [3.05, 3.63) is 142 Å². The van der Waals surface area contributed by atoms with Crippen molar-refractivity contribution < 1.29 is 19.2 Å². The highest BCUT2D eigenvalue weighted by Gasteiger charge is 2.35. The minimum atomic E-state index is -0.887. The third-order valence-electron chi connectivity index (χ3n) is 7.70. The van der Waals surface area contributed by atoms with Crippen molar-refractivity contribution in [2.45, 2.75) is 43.3 Å². The van der Waals surface area contributed by atoms with Gasteiger partial charge in [-0.2, -0.15) is 0 Å². The predicted molar refractivity (Wildman–Crippen MR) is 170 cm³/mol. The number of nitro groups is 1. The second-order valence-corrected chi connectivity index (χ2v) is 10.6. The molecule has 9 heteroatoms. The molecule has 4 aromatic rings. The maximum atomic E-state index is 12.7. The number of hydrogen-bond acceptors (Lipinski definition) is 7. The summed E-state index contributed by atoms with van der Waals surface area (Å²) in [5.41, 5.74) is 9.37. The number of methoxy groups -OCH3 is 1. The molecule has 4 aromatic carbocycles. The lowest BCUT2D eigenvalue weighted by molar-refractivity contribution is -0.384. The number of ether oxygens (including phenoxy) is 1. The summed E-state index contributed by atoms with van der Waals surface area (Å²) in [6, 6.07) is 33.0. The van der Waals surface area contributed by atoms with Crippen LogP contribution in [0.1, 0.15) is 41.5 Å². The zero-order valence-electron chi connectivity index (χ0n) is 24.7. The molecule has 0 heterocycles. The number of nitrogens with zero attached hydrogens (tertiary/aromatic N) is 1. The highest BCUT2D eigenvalue weighted by atomic mass is 16.6. The van der Waals surface area contributed by atoms with E-state index in [-0.39, 0.29) is 12.1 Å². The summed E-state index contributed by atoms with van der Waals surface area (Å²) >= 11 is 0. The first kappa shape index (κ1) is 32.1. The van der Waals surface area contributed by atoms with Gasteiger partial charge in [-0.1, -0.05) is 84.9 Å². The molecule has 0 aliphatic carbocycles. The number of non-ortho nitro benzene ring substituents is 1. The molecular weight excluding hydrogens is 556 g/mol. The predicted octanol–water partition coefficient (Wildman–Crippen LogP) is 4.91. The lowest BCUT2D eigenvalue weighted by Gasteiger charge is -2.37. The van der Waals surface area contributed by atoms with E-state index < -0.39 is 28.5 Å². The minimum absolute atomic E-state index is 0.0314. The van der Waals surface area contributed by atoms with Gasteiger partial charge in [-0.3, -0.25) is 20.2 Å². The smallest absolute Gasteiger partial charge is 0.269 e. The Hall–Kier alpha value is -4.86. The van der Waals surface area contributed by atoms with Crippen molar-refractivity contribution >= 4 is 17.9 Å². The van der Waals surface area contributed by atoms with Gasteiger partial charge >= 0.3 is 0 Å². The Balaban J connectivity index is 1.39. The molecule has 4 N–H and O–H groups in total. The maximum Gasteiger partial charge on any atom is 0.269 e. The van der Waals surface area contributed by atoms with Gasteiger partial charge in [0.25, 0.3) is 5.69 Å². The van der Waals surface area contributed by atoms with Crippen LogP contribution in [-0.2, 0) is 21.5 Å². The van der Waals surface area contributed by atoms with Gasteiger partial charge in [0.1, 0.15) is 12.0 Å². The lowest BCUT2D eigenvalue weighted by atomic mass is 9.77. The number of carbonyl (C=O) groups excluding carboxylic acids is 2. The average Bonchev–Trinajstić information content (AvgIpc) is 3.07. The van der Waals surface area contributed by atoms with Crippen LogP contribution in [-0.4, -0.2) is 42.9 Å². The van der Waals surface area contributed by atoms with Crippen molar-refractivity contribution in [3.63, 3.8) is 0 Å². The highest BCUT2D eigenvalue weighted by Crippen LogP contribution is 2.37. The number of unbranched alkanes of at least 4 members (excludes halogenated alkanes) is 1. The van der Waals surface area contributed by atoms with E-state index in [4.69, 9.17) is 10.5 Å².